The Morgan fingerprint density at radius 1 is 1.11 bits per heavy atom. The van der Waals surface area contributed by atoms with Gasteiger partial charge in [-0.2, -0.15) is 0 Å². The molecule has 2 aromatic carbocycles. The van der Waals surface area contributed by atoms with Crippen molar-refractivity contribution in [3.8, 4) is 0 Å². The Morgan fingerprint density at radius 3 is 2.50 bits per heavy atom. The van der Waals surface area contributed by atoms with Crippen LogP contribution in [0.1, 0.15) is 10.4 Å². The monoisotopic (exact) mass is 261 g/mol. The van der Waals surface area contributed by atoms with Gasteiger partial charge in [-0.05, 0) is 36.4 Å². The van der Waals surface area contributed by atoms with Crippen LogP contribution in [-0.4, -0.2) is 5.91 Å². The van der Waals surface area contributed by atoms with E-state index in [-0.39, 0.29) is 0 Å². The Bertz CT molecular complexity index is 599. The Labute approximate surface area is 110 Å². The van der Waals surface area contributed by atoms with Crippen molar-refractivity contribution >= 4 is 34.6 Å². The third kappa shape index (κ3) is 2.73. The maximum Gasteiger partial charge on any atom is 0.250 e. The molecule has 18 heavy (non-hydrogen) atoms. The van der Waals surface area contributed by atoms with E-state index >= 15 is 0 Å². The van der Waals surface area contributed by atoms with Crippen molar-refractivity contribution in [2.24, 2.45) is 5.73 Å². The van der Waals surface area contributed by atoms with Crippen LogP contribution in [0.2, 0.25) is 5.02 Å². The summed E-state index contributed by atoms with van der Waals surface area (Å²) >= 11 is 5.88. The van der Waals surface area contributed by atoms with Crippen LogP contribution in [0.15, 0.2) is 42.5 Å². The van der Waals surface area contributed by atoms with Gasteiger partial charge in [0.25, 0.3) is 5.91 Å². The average Bonchev–Trinajstić information content (AvgIpc) is 2.31. The number of hydrogen-bond donors (Lipinski definition) is 3. The van der Waals surface area contributed by atoms with Gasteiger partial charge in [-0.1, -0.05) is 17.7 Å². The number of hydrogen-bond acceptors (Lipinski definition) is 3. The summed E-state index contributed by atoms with van der Waals surface area (Å²) in [4.78, 5) is 11.2. The highest BCUT2D eigenvalue weighted by Crippen LogP contribution is 2.23. The lowest BCUT2D eigenvalue weighted by Gasteiger charge is -2.09. The summed E-state index contributed by atoms with van der Waals surface area (Å²) in [7, 11) is 0. The first-order chi connectivity index (χ1) is 8.56. The molecule has 2 aromatic rings. The van der Waals surface area contributed by atoms with Crippen molar-refractivity contribution in [1.29, 1.82) is 0 Å². The number of anilines is 3. The number of amides is 1. The highest BCUT2D eigenvalue weighted by Gasteiger charge is 2.06. The van der Waals surface area contributed by atoms with Crippen LogP contribution in [-0.2, 0) is 0 Å². The van der Waals surface area contributed by atoms with Gasteiger partial charge in [0, 0.05) is 22.1 Å². The number of primary amides is 1. The van der Waals surface area contributed by atoms with Crippen LogP contribution >= 0.6 is 11.6 Å². The first-order valence-electron chi connectivity index (χ1n) is 5.28. The molecule has 0 radical (unpaired) electrons. The second kappa shape index (κ2) is 4.98. The highest BCUT2D eigenvalue weighted by molar-refractivity contribution is 6.30. The molecule has 0 aliphatic heterocycles. The van der Waals surface area contributed by atoms with Crippen LogP contribution in [0.25, 0.3) is 0 Å². The predicted molar refractivity (Wildman–Crippen MR) is 74.1 cm³/mol. The number of carbonyl (C=O) groups is 1. The van der Waals surface area contributed by atoms with Crippen molar-refractivity contribution in [2.45, 2.75) is 0 Å². The molecule has 2 rings (SSSR count). The van der Waals surface area contributed by atoms with E-state index in [9.17, 15) is 4.79 Å². The summed E-state index contributed by atoms with van der Waals surface area (Å²) in [6, 6.07) is 12.3. The third-order valence-electron chi connectivity index (χ3n) is 2.43. The fraction of sp³-hybridized carbons (Fsp3) is 0. The molecule has 0 saturated carbocycles. The molecule has 0 saturated heterocycles. The molecule has 0 spiro atoms. The number of rotatable bonds is 3. The molecule has 92 valence electrons. The zero-order chi connectivity index (χ0) is 13.1. The fourth-order valence-corrected chi connectivity index (χ4v) is 1.77. The molecule has 0 aliphatic carbocycles. The van der Waals surface area contributed by atoms with Crippen molar-refractivity contribution in [1.82, 2.24) is 0 Å². The van der Waals surface area contributed by atoms with Gasteiger partial charge < -0.3 is 16.8 Å². The van der Waals surface area contributed by atoms with E-state index in [2.05, 4.69) is 5.32 Å². The molecule has 4 nitrogen and oxygen atoms in total. The fourth-order valence-electron chi connectivity index (χ4n) is 1.58. The Morgan fingerprint density at radius 2 is 1.83 bits per heavy atom. The summed E-state index contributed by atoms with van der Waals surface area (Å²) < 4.78 is 0. The lowest BCUT2D eigenvalue weighted by Crippen LogP contribution is -2.13. The summed E-state index contributed by atoms with van der Waals surface area (Å²) in [6.07, 6.45) is 0. The van der Waals surface area contributed by atoms with Crippen molar-refractivity contribution in [2.75, 3.05) is 11.1 Å². The molecule has 1 amide bonds. The molecule has 0 atom stereocenters. The molecular weight excluding hydrogens is 250 g/mol. The van der Waals surface area contributed by atoms with Gasteiger partial charge >= 0.3 is 0 Å². The standard InChI is InChI=1S/C13H12ClN3O/c14-8-2-1-3-9(6-8)17-10-4-5-12(15)11(7-10)13(16)18/h1-7,17H,15H2,(H2,16,18). The van der Waals surface area contributed by atoms with E-state index in [1.54, 1.807) is 30.3 Å². The van der Waals surface area contributed by atoms with Crippen molar-refractivity contribution in [3.05, 3.63) is 53.1 Å². The second-order valence-electron chi connectivity index (χ2n) is 3.80. The molecular formula is C13H12ClN3O. The highest BCUT2D eigenvalue weighted by atomic mass is 35.5. The number of carbonyl (C=O) groups excluding carboxylic acids is 1. The lowest BCUT2D eigenvalue weighted by molar-refractivity contribution is 0.100. The van der Waals surface area contributed by atoms with Gasteiger partial charge in [0.15, 0.2) is 0 Å². The Balaban J connectivity index is 2.30. The molecule has 0 heterocycles. The van der Waals surface area contributed by atoms with Gasteiger partial charge in [-0.15, -0.1) is 0 Å². The predicted octanol–water partition coefficient (Wildman–Crippen LogP) is 2.76. The third-order valence-corrected chi connectivity index (χ3v) is 2.67. The molecule has 0 unspecified atom stereocenters. The van der Waals surface area contributed by atoms with Crippen LogP contribution in [0.4, 0.5) is 17.1 Å². The smallest absolute Gasteiger partial charge is 0.250 e. The molecule has 5 heteroatoms. The minimum atomic E-state index is -0.553. The maximum atomic E-state index is 11.2. The van der Waals surface area contributed by atoms with E-state index in [1.165, 1.54) is 0 Å². The quantitative estimate of drug-likeness (QED) is 0.743. The van der Waals surface area contributed by atoms with Crippen molar-refractivity contribution in [3.63, 3.8) is 0 Å². The minimum absolute atomic E-state index is 0.294. The molecule has 0 fully saturated rings. The SMILES string of the molecule is NC(=O)c1cc(Nc2cccc(Cl)c2)ccc1N. The first kappa shape index (κ1) is 12.3. The van der Waals surface area contributed by atoms with E-state index in [4.69, 9.17) is 23.1 Å². The van der Waals surface area contributed by atoms with Crippen LogP contribution in [0.3, 0.4) is 0 Å². The largest absolute Gasteiger partial charge is 0.398 e. The van der Waals surface area contributed by atoms with Gasteiger partial charge in [-0.25, -0.2) is 0 Å². The van der Waals surface area contributed by atoms with Crippen LogP contribution in [0, 0.1) is 0 Å². The number of benzene rings is 2. The normalized spacial score (nSPS) is 10.1. The van der Waals surface area contributed by atoms with Crippen molar-refractivity contribution < 1.29 is 4.79 Å². The van der Waals surface area contributed by atoms with Gasteiger partial charge in [0.05, 0.1) is 5.56 Å². The Kier molecular flexibility index (Phi) is 3.39. The van der Waals surface area contributed by atoms with Gasteiger partial charge in [0.2, 0.25) is 0 Å². The zero-order valence-electron chi connectivity index (χ0n) is 9.48. The number of nitrogen functional groups attached to an aromatic ring is 1. The Hall–Kier alpha value is -2.20. The van der Waals surface area contributed by atoms with E-state index < -0.39 is 5.91 Å². The minimum Gasteiger partial charge on any atom is -0.398 e. The van der Waals surface area contributed by atoms with Gasteiger partial charge in [0.1, 0.15) is 0 Å². The van der Waals surface area contributed by atoms with Crippen LogP contribution in [0.5, 0.6) is 0 Å². The summed E-state index contributed by atoms with van der Waals surface area (Å²) in [6.45, 7) is 0. The molecule has 0 aliphatic rings. The van der Waals surface area contributed by atoms with Crippen LogP contribution < -0.4 is 16.8 Å². The lowest BCUT2D eigenvalue weighted by atomic mass is 10.1. The summed E-state index contributed by atoms with van der Waals surface area (Å²) in [5.74, 6) is -0.553. The molecule has 0 bridgehead atoms. The topological polar surface area (TPSA) is 81.1 Å². The van der Waals surface area contributed by atoms with Gasteiger partial charge in [-0.3, -0.25) is 4.79 Å². The summed E-state index contributed by atoms with van der Waals surface area (Å²) in [5.41, 5.74) is 13.1. The number of nitrogens with two attached hydrogens (primary N) is 2. The molecule has 0 aromatic heterocycles. The second-order valence-corrected chi connectivity index (χ2v) is 4.24. The first-order valence-corrected chi connectivity index (χ1v) is 5.66. The van der Waals surface area contributed by atoms with E-state index in [0.29, 0.717) is 16.3 Å². The number of nitrogens with one attached hydrogen (secondary N) is 1. The van der Waals surface area contributed by atoms with E-state index in [0.717, 1.165) is 11.4 Å². The molecule has 5 N–H and O–H groups in total. The number of halogens is 1. The van der Waals surface area contributed by atoms with E-state index in [1.807, 2.05) is 12.1 Å². The maximum absolute atomic E-state index is 11.2. The zero-order valence-corrected chi connectivity index (χ0v) is 10.2. The average molecular weight is 262 g/mol. The summed E-state index contributed by atoms with van der Waals surface area (Å²) in [5, 5.41) is 3.75.